The molecule has 1 aliphatic rings. The molecule has 4 atom stereocenters. The Balaban J connectivity index is 2.97. The zero-order valence-electron chi connectivity index (χ0n) is 20.3. The second-order valence-corrected chi connectivity index (χ2v) is 9.53. The number of carbonyl (C=O) groups is 3. The summed E-state index contributed by atoms with van der Waals surface area (Å²) in [5, 5.41) is 8.18. The second kappa shape index (κ2) is 11.5. The van der Waals surface area contributed by atoms with Gasteiger partial charge in [-0.05, 0) is 47.0 Å². The fourth-order valence-corrected chi connectivity index (χ4v) is 3.20. The summed E-state index contributed by atoms with van der Waals surface area (Å²) in [6, 6.07) is -1.59. The molecule has 1 rings (SSSR count). The van der Waals surface area contributed by atoms with Crippen LogP contribution in [0.1, 0.15) is 54.9 Å². The Kier molecular flexibility index (Phi) is 9.91. The normalized spacial score (nSPS) is 21.9. The van der Waals surface area contributed by atoms with Crippen molar-refractivity contribution in [3.8, 4) is 0 Å². The van der Waals surface area contributed by atoms with Gasteiger partial charge in [-0.25, -0.2) is 4.79 Å². The van der Waals surface area contributed by atoms with Crippen molar-refractivity contribution in [3.63, 3.8) is 0 Å². The number of hydrogen-bond acceptors (Lipinski definition) is 6. The Morgan fingerprint density at radius 2 is 1.75 bits per heavy atom. The molecule has 0 aromatic rings. The Morgan fingerprint density at radius 3 is 2.25 bits per heavy atom. The van der Waals surface area contributed by atoms with Gasteiger partial charge in [0.1, 0.15) is 17.7 Å². The van der Waals surface area contributed by atoms with Crippen LogP contribution in [0.25, 0.3) is 0 Å². The highest BCUT2D eigenvalue weighted by atomic mass is 16.8. The lowest BCUT2D eigenvalue weighted by Gasteiger charge is -2.31. The predicted molar refractivity (Wildman–Crippen MR) is 122 cm³/mol. The van der Waals surface area contributed by atoms with Gasteiger partial charge in [-0.3, -0.25) is 9.59 Å². The van der Waals surface area contributed by atoms with Crippen LogP contribution in [-0.4, -0.2) is 60.1 Å². The molecule has 0 radical (unpaired) electrons. The lowest BCUT2D eigenvalue weighted by molar-refractivity contribution is -0.157. The van der Waals surface area contributed by atoms with Gasteiger partial charge in [0.05, 0.1) is 6.04 Å². The highest BCUT2D eigenvalue weighted by Gasteiger charge is 2.49. The molecule has 3 N–H and O–H groups in total. The average Bonchev–Trinajstić information content (AvgIpc) is 2.97. The monoisotopic (exact) mass is 453 g/mol. The third-order valence-electron chi connectivity index (χ3n) is 4.61. The molecule has 0 bridgehead atoms. The first kappa shape index (κ1) is 27.6. The first-order chi connectivity index (χ1) is 14.7. The zero-order valence-corrected chi connectivity index (χ0v) is 20.3. The number of rotatable bonds is 10. The van der Waals surface area contributed by atoms with Crippen molar-refractivity contribution in [2.24, 2.45) is 5.92 Å². The topological polar surface area (TPSA) is 115 Å². The Morgan fingerprint density at radius 1 is 1.12 bits per heavy atom. The summed E-state index contributed by atoms with van der Waals surface area (Å²) < 4.78 is 17.1. The second-order valence-electron chi connectivity index (χ2n) is 9.53. The van der Waals surface area contributed by atoms with Gasteiger partial charge in [-0.2, -0.15) is 0 Å². The van der Waals surface area contributed by atoms with Crippen molar-refractivity contribution in [3.05, 3.63) is 25.3 Å². The van der Waals surface area contributed by atoms with Crippen LogP contribution in [0.5, 0.6) is 0 Å². The molecule has 0 unspecified atom stereocenters. The van der Waals surface area contributed by atoms with Gasteiger partial charge in [0.25, 0.3) is 5.91 Å². The van der Waals surface area contributed by atoms with E-state index in [1.54, 1.807) is 40.7 Å². The third-order valence-corrected chi connectivity index (χ3v) is 4.61. The summed E-state index contributed by atoms with van der Waals surface area (Å²) in [7, 11) is 0. The first-order valence-electron chi connectivity index (χ1n) is 10.9. The first-order valence-corrected chi connectivity index (χ1v) is 10.9. The number of hydrogen-bond donors (Lipinski definition) is 3. The van der Waals surface area contributed by atoms with Crippen molar-refractivity contribution in [1.82, 2.24) is 16.0 Å². The molecule has 0 aromatic carbocycles. The summed E-state index contributed by atoms with van der Waals surface area (Å²) in [6.07, 6.45) is 1.26. The summed E-state index contributed by atoms with van der Waals surface area (Å²) in [5.41, 5.74) is -0.709. The van der Waals surface area contributed by atoms with E-state index in [-0.39, 0.29) is 11.8 Å². The summed E-state index contributed by atoms with van der Waals surface area (Å²) in [4.78, 5) is 37.8. The number of amides is 3. The minimum absolute atomic E-state index is 0.100. The number of nitrogens with one attached hydrogen (secondary N) is 3. The van der Waals surface area contributed by atoms with E-state index in [0.717, 1.165) is 0 Å². The van der Waals surface area contributed by atoms with E-state index >= 15 is 0 Å². The van der Waals surface area contributed by atoms with Gasteiger partial charge in [0.15, 0.2) is 11.9 Å². The van der Waals surface area contributed by atoms with Crippen molar-refractivity contribution in [2.75, 3.05) is 6.54 Å². The smallest absolute Gasteiger partial charge is 0.408 e. The molecule has 0 saturated carbocycles. The largest absolute Gasteiger partial charge is 0.444 e. The van der Waals surface area contributed by atoms with Crippen molar-refractivity contribution < 1.29 is 28.6 Å². The van der Waals surface area contributed by atoms with E-state index in [0.29, 0.717) is 13.0 Å². The molecule has 1 heterocycles. The molecule has 0 aromatic heterocycles. The maximum absolute atomic E-state index is 12.9. The van der Waals surface area contributed by atoms with E-state index in [1.807, 2.05) is 13.8 Å². The van der Waals surface area contributed by atoms with E-state index in [1.165, 1.54) is 6.08 Å². The quantitative estimate of drug-likeness (QED) is 0.346. The van der Waals surface area contributed by atoms with Crippen molar-refractivity contribution in [2.45, 2.75) is 90.6 Å². The van der Waals surface area contributed by atoms with Crippen molar-refractivity contribution >= 4 is 17.9 Å². The van der Waals surface area contributed by atoms with Gasteiger partial charge >= 0.3 is 6.09 Å². The molecule has 9 heteroatoms. The van der Waals surface area contributed by atoms with Gasteiger partial charge in [0.2, 0.25) is 5.91 Å². The van der Waals surface area contributed by atoms with Crippen LogP contribution in [0.4, 0.5) is 4.79 Å². The predicted octanol–water partition coefficient (Wildman–Crippen LogP) is 2.42. The van der Waals surface area contributed by atoms with Gasteiger partial charge in [-0.1, -0.05) is 26.0 Å². The summed E-state index contributed by atoms with van der Waals surface area (Å²) in [6.45, 7) is 20.1. The Hall–Kier alpha value is -2.39. The van der Waals surface area contributed by atoms with Crippen LogP contribution < -0.4 is 16.0 Å². The number of ether oxygens (including phenoxy) is 3. The van der Waals surface area contributed by atoms with E-state index < -0.39 is 47.7 Å². The van der Waals surface area contributed by atoms with Crippen LogP contribution in [0.3, 0.4) is 0 Å². The van der Waals surface area contributed by atoms with Crippen LogP contribution in [0.2, 0.25) is 0 Å². The lowest BCUT2D eigenvalue weighted by Crippen LogP contribution is -2.57. The molecule has 1 saturated heterocycles. The van der Waals surface area contributed by atoms with Gasteiger partial charge < -0.3 is 30.2 Å². The number of carbonyl (C=O) groups excluding carboxylic acids is 3. The van der Waals surface area contributed by atoms with Crippen LogP contribution in [-0.2, 0) is 23.8 Å². The molecule has 9 nitrogen and oxygen atoms in total. The van der Waals surface area contributed by atoms with Crippen molar-refractivity contribution in [1.29, 1.82) is 0 Å². The van der Waals surface area contributed by atoms with E-state index in [9.17, 15) is 14.4 Å². The van der Waals surface area contributed by atoms with E-state index in [4.69, 9.17) is 14.2 Å². The third kappa shape index (κ3) is 8.63. The summed E-state index contributed by atoms with van der Waals surface area (Å²) >= 11 is 0. The Labute approximate surface area is 191 Å². The molecule has 0 spiro atoms. The zero-order chi connectivity index (χ0) is 24.7. The Bertz CT molecular complexity index is 698. The molecule has 0 aliphatic carbocycles. The highest BCUT2D eigenvalue weighted by molar-refractivity contribution is 5.88. The molecule has 32 heavy (non-hydrogen) atoms. The fraction of sp³-hybridized carbons (Fsp3) is 0.696. The van der Waals surface area contributed by atoms with Gasteiger partial charge in [-0.15, -0.1) is 13.2 Å². The van der Waals surface area contributed by atoms with Crippen LogP contribution in [0.15, 0.2) is 25.3 Å². The average molecular weight is 454 g/mol. The highest BCUT2D eigenvalue weighted by Crippen LogP contribution is 2.32. The SMILES string of the molecule is C=CCCNC(=O)[C@H]1OC(C)(C)O[C@@H]1[C@@H](NC(=O)[C@H](C=C)NC(=O)OC(C)(C)C)C(C)C. The maximum Gasteiger partial charge on any atom is 0.408 e. The number of alkyl carbamates (subject to hydrolysis) is 1. The molecule has 1 fully saturated rings. The lowest BCUT2D eigenvalue weighted by atomic mass is 9.94. The van der Waals surface area contributed by atoms with Crippen LogP contribution >= 0.6 is 0 Å². The molecule has 1 aliphatic heterocycles. The standard InChI is InChI=1S/C23H39N3O6/c1-10-12-13-24-20(28)18-17(30-23(8,9)31-18)16(14(3)4)26-19(27)15(11-2)25-21(29)32-22(5,6)7/h10-11,14-18H,1-2,12-13H2,3-9H3,(H,24,28)(H,25,29)(H,26,27)/t15-,16-,17+,18-/m0/s1. The van der Waals surface area contributed by atoms with Crippen LogP contribution in [0, 0.1) is 5.92 Å². The molecular formula is C23H39N3O6. The molecule has 3 amide bonds. The summed E-state index contributed by atoms with van der Waals surface area (Å²) in [5.74, 6) is -1.93. The van der Waals surface area contributed by atoms with Gasteiger partial charge in [0, 0.05) is 6.54 Å². The fourth-order valence-electron chi connectivity index (χ4n) is 3.20. The molecular weight excluding hydrogens is 414 g/mol. The molecule has 182 valence electrons. The van der Waals surface area contributed by atoms with E-state index in [2.05, 4.69) is 29.1 Å². The minimum atomic E-state index is -1.03. The minimum Gasteiger partial charge on any atom is -0.444 e. The maximum atomic E-state index is 12.9.